The first-order chi connectivity index (χ1) is 5.20. The van der Waals surface area contributed by atoms with Gasteiger partial charge in [-0.2, -0.15) is 12.0 Å². The molecule has 12 heavy (non-hydrogen) atoms. The van der Waals surface area contributed by atoms with E-state index < -0.39 is 0 Å². The monoisotopic (exact) mass is 410 g/mol. The van der Waals surface area contributed by atoms with Crippen molar-refractivity contribution in [2.75, 3.05) is 0 Å². The molecule has 0 spiro atoms. The molecular weight excluding hydrogens is 396 g/mol. The molecule has 1 heterocycles. The van der Waals surface area contributed by atoms with Gasteiger partial charge in [-0.25, -0.2) is 0 Å². The Morgan fingerprint density at radius 3 is 2.67 bits per heavy atom. The Balaban J connectivity index is 0.00000121. The van der Waals surface area contributed by atoms with Gasteiger partial charge in [-0.1, -0.05) is 26.5 Å². The number of allylic oxidation sites excluding steroid dienone is 4. The number of nitrogens with zero attached hydrogens (tertiary/aromatic N) is 1. The molecule has 0 aromatic heterocycles. The maximum atomic E-state index is 4.30. The van der Waals surface area contributed by atoms with E-state index in [9.17, 15) is 0 Å². The predicted octanol–water partition coefficient (Wildman–Crippen LogP) is 2.76. The maximum absolute atomic E-state index is 4.30. The fraction of sp³-hybridized carbons (Fsp3) is 0.400. The second-order valence-corrected chi connectivity index (χ2v) is 3.11. The largest absolute Gasteiger partial charge is 0.337 e. The average molecular weight is 410 g/mol. The van der Waals surface area contributed by atoms with E-state index in [1.807, 2.05) is 12.3 Å². The first-order valence-corrected chi connectivity index (χ1v) is 3.96. The molecule has 0 amide bonds. The van der Waals surface area contributed by atoms with Gasteiger partial charge in [-0.15, -0.1) is 12.2 Å². The van der Waals surface area contributed by atoms with Crippen molar-refractivity contribution in [2.45, 2.75) is 20.8 Å². The molecule has 1 nitrogen and oxygen atoms in total. The van der Waals surface area contributed by atoms with Crippen LogP contribution in [0.1, 0.15) is 20.8 Å². The van der Waals surface area contributed by atoms with E-state index in [4.69, 9.17) is 0 Å². The topological polar surface area (TPSA) is 12.4 Å². The zero-order chi connectivity index (χ0) is 8.27. The van der Waals surface area contributed by atoms with Crippen molar-refractivity contribution in [1.82, 2.24) is 0 Å². The van der Waals surface area contributed by atoms with Crippen molar-refractivity contribution in [2.24, 2.45) is 10.9 Å². The molecule has 2 heteroatoms. The molecule has 0 aromatic carbocycles. The van der Waals surface area contributed by atoms with E-state index in [-0.39, 0.29) is 0 Å². The molecule has 0 aromatic rings. The third kappa shape index (κ3) is 2.33. The molecule has 0 N–H and O–H groups in total. The van der Waals surface area contributed by atoms with Gasteiger partial charge >= 0.3 is 0 Å². The van der Waals surface area contributed by atoms with E-state index in [1.54, 1.807) is 0 Å². The first kappa shape index (κ1) is 10.0. The number of aliphatic imine (C=N–C) groups is 1. The summed E-state index contributed by atoms with van der Waals surface area (Å²) in [7, 11) is 0. The molecule has 0 saturated carbocycles. The van der Waals surface area contributed by atoms with E-state index >= 15 is 0 Å². The van der Waals surface area contributed by atoms with Gasteiger partial charge in [0.05, 0.1) is 0 Å². The minimum absolute atomic E-state index is 0. The predicted molar refractivity (Wildman–Crippen MR) is 49.5 cm³/mol. The van der Waals surface area contributed by atoms with Crippen LogP contribution in [0.25, 0.3) is 0 Å². The van der Waals surface area contributed by atoms with Crippen molar-refractivity contribution in [3.63, 3.8) is 0 Å². The van der Waals surface area contributed by atoms with Crippen LogP contribution in [-0.4, -0.2) is 6.21 Å². The van der Waals surface area contributed by atoms with E-state index in [0.717, 1.165) is 5.70 Å². The number of hydrogen-bond donors (Lipinski definition) is 0. The Morgan fingerprint density at radius 1 is 1.42 bits per heavy atom. The van der Waals surface area contributed by atoms with Crippen molar-refractivity contribution in [3.8, 4) is 0 Å². The van der Waals surface area contributed by atoms with Gasteiger partial charge in [0.2, 0.25) is 0 Å². The summed E-state index contributed by atoms with van der Waals surface area (Å²) in [6.45, 7) is 6.40. The number of rotatable bonds is 1. The van der Waals surface area contributed by atoms with Gasteiger partial charge < -0.3 is 4.99 Å². The van der Waals surface area contributed by atoms with E-state index in [1.165, 1.54) is 5.92 Å². The molecule has 0 fully saturated rings. The molecule has 1 rings (SSSR count). The van der Waals surface area contributed by atoms with Crippen LogP contribution in [0.4, 0.5) is 0 Å². The van der Waals surface area contributed by atoms with Crippen LogP contribution in [-0.2, 0) is 0 Å². The molecule has 75 valence electrons. The van der Waals surface area contributed by atoms with Crippen molar-refractivity contribution < 1.29 is 0 Å². The summed E-state index contributed by atoms with van der Waals surface area (Å²) < 4.78 is 0. The molecule has 1 aliphatic heterocycles. The van der Waals surface area contributed by atoms with Crippen molar-refractivity contribution >= 4 is 6.21 Å². The first-order valence-electron chi connectivity index (χ1n) is 3.96. The Morgan fingerprint density at radius 2 is 2.08 bits per heavy atom. The SMILES string of the molecule is C[C-]1C=CC=NC(C(C)C)=C1.[Lr]. The summed E-state index contributed by atoms with van der Waals surface area (Å²) in [5.74, 6) is 1.78. The molecule has 1 aliphatic rings. The van der Waals surface area contributed by atoms with Crippen LogP contribution in [0.5, 0.6) is 0 Å². The minimum Gasteiger partial charge on any atom is -0.337 e. The normalized spacial score (nSPS) is 15.7. The van der Waals surface area contributed by atoms with Crippen LogP contribution in [0.15, 0.2) is 28.9 Å². The van der Waals surface area contributed by atoms with Crippen LogP contribution in [0.2, 0.25) is 0 Å². The maximum Gasteiger partial charge on any atom is 0 e. The van der Waals surface area contributed by atoms with Crippen LogP contribution in [0.3, 0.4) is 0 Å². The van der Waals surface area contributed by atoms with Gasteiger partial charge in [0.25, 0.3) is 0 Å². The van der Waals surface area contributed by atoms with E-state index in [0.29, 0.717) is 5.92 Å². The third-order valence-corrected chi connectivity index (χ3v) is 1.64. The molecule has 1 radical (unpaired) electrons. The zero-order valence-electron chi connectivity index (χ0n) is 7.59. The van der Waals surface area contributed by atoms with Crippen LogP contribution < -0.4 is 0 Å². The summed E-state index contributed by atoms with van der Waals surface area (Å²) in [6.07, 6.45) is 8.02. The van der Waals surface area contributed by atoms with Crippen LogP contribution >= 0.6 is 0 Å². The summed E-state index contributed by atoms with van der Waals surface area (Å²) >= 11 is 0. The molecule has 0 aliphatic carbocycles. The fourth-order valence-electron chi connectivity index (χ4n) is 0.958. The summed E-state index contributed by atoms with van der Waals surface area (Å²) in [4.78, 5) is 4.30. The Kier molecular flexibility index (Phi) is 3.35. The molecule has 0 bridgehead atoms. The number of hydrogen-bond acceptors (Lipinski definition) is 1. The second kappa shape index (κ2) is 4.02. The van der Waals surface area contributed by atoms with Crippen molar-refractivity contribution in [3.05, 3.63) is 29.8 Å². The van der Waals surface area contributed by atoms with Gasteiger partial charge in [0.15, 0.2) is 0 Å². The quantitative estimate of drug-likeness (QED) is 0.590. The molecular formula is C10H14LrN-. The molecule has 0 saturated heterocycles. The summed E-state index contributed by atoms with van der Waals surface area (Å²) in [5.41, 5.74) is 1.16. The zero-order valence-corrected chi connectivity index (χ0v) is 9.74. The van der Waals surface area contributed by atoms with Gasteiger partial charge in [0, 0.05) is 0 Å². The minimum atomic E-state index is 0. The molecule has 0 unspecified atom stereocenters. The van der Waals surface area contributed by atoms with Gasteiger partial charge in [-0.05, 0) is 12.1 Å². The fourth-order valence-corrected chi connectivity index (χ4v) is 0.958. The smallest absolute Gasteiger partial charge is 0 e. The average Bonchev–Trinajstić information content (AvgIpc) is 2.13. The van der Waals surface area contributed by atoms with Crippen LogP contribution in [0, 0.1) is 11.8 Å². The Bertz CT molecular complexity index is 214. The van der Waals surface area contributed by atoms with Gasteiger partial charge in [-0.3, -0.25) is 0 Å². The standard InChI is InChI=1S/C10H14N.Lr/c1-8(2)10-7-9(3)5-4-6-11-10;/h4-8H,1-3H3;/q-1;. The Labute approximate surface area is 68.5 Å². The van der Waals surface area contributed by atoms with Crippen molar-refractivity contribution in [1.29, 1.82) is 0 Å². The Hall–Kier alpha value is -1.98. The molecule has 0 atom stereocenters. The van der Waals surface area contributed by atoms with Gasteiger partial charge in [0.1, 0.15) is 0 Å². The summed E-state index contributed by atoms with van der Waals surface area (Å²) in [6, 6.07) is 0. The summed E-state index contributed by atoms with van der Waals surface area (Å²) in [5, 5.41) is 0. The second-order valence-electron chi connectivity index (χ2n) is 3.11. The van der Waals surface area contributed by atoms with E-state index in [2.05, 4.69) is 37.9 Å². The third-order valence-electron chi connectivity index (χ3n) is 1.64.